The van der Waals surface area contributed by atoms with Crippen LogP contribution < -0.4 is 10.2 Å². The van der Waals surface area contributed by atoms with E-state index in [1.165, 1.54) is 5.56 Å². The number of nitriles is 1. The van der Waals surface area contributed by atoms with Crippen LogP contribution in [0.4, 0.5) is 11.4 Å². The summed E-state index contributed by atoms with van der Waals surface area (Å²) in [7, 11) is 0. The zero-order valence-electron chi connectivity index (χ0n) is 15.7. The number of para-hydroxylation sites is 1. The molecule has 1 fully saturated rings. The number of fused-ring (bicyclic) bond motifs is 1. The van der Waals surface area contributed by atoms with Gasteiger partial charge in [-0.05, 0) is 49.1 Å². The number of nitrogens with zero attached hydrogens (tertiary/aromatic N) is 2. The predicted molar refractivity (Wildman–Crippen MR) is 108 cm³/mol. The molecule has 0 radical (unpaired) electrons. The smallest absolute Gasteiger partial charge is 0.230 e. The standard InChI is InChI=1S/C23H23N3O2/c24-15-16-6-5-8-18(14-16)25-22(27)19-9-2-3-10-20(19)23(28)26-13-12-17-7-1-4-11-21(17)26/h1,4-8,11,14,19-20H,2-3,9-10,12-13H2,(H,25,27). The molecule has 0 bridgehead atoms. The van der Waals surface area contributed by atoms with Gasteiger partial charge in [-0.25, -0.2) is 0 Å². The molecule has 1 N–H and O–H groups in total. The van der Waals surface area contributed by atoms with Crippen LogP contribution in [0.1, 0.15) is 36.8 Å². The quantitative estimate of drug-likeness (QED) is 0.887. The third-order valence-corrected chi connectivity index (χ3v) is 5.83. The van der Waals surface area contributed by atoms with Gasteiger partial charge in [-0.2, -0.15) is 5.26 Å². The van der Waals surface area contributed by atoms with E-state index in [-0.39, 0.29) is 23.7 Å². The number of nitrogens with one attached hydrogen (secondary N) is 1. The summed E-state index contributed by atoms with van der Waals surface area (Å²) in [5.41, 5.74) is 3.29. The summed E-state index contributed by atoms with van der Waals surface area (Å²) in [6, 6.07) is 17.0. The monoisotopic (exact) mass is 373 g/mol. The molecule has 2 aromatic carbocycles. The number of benzene rings is 2. The normalized spacial score (nSPS) is 20.9. The molecule has 1 heterocycles. The minimum Gasteiger partial charge on any atom is -0.326 e. The van der Waals surface area contributed by atoms with E-state index >= 15 is 0 Å². The van der Waals surface area contributed by atoms with E-state index in [4.69, 9.17) is 5.26 Å². The Morgan fingerprint density at radius 1 is 1.04 bits per heavy atom. The summed E-state index contributed by atoms with van der Waals surface area (Å²) in [5, 5.41) is 12.0. The average molecular weight is 373 g/mol. The second-order valence-corrected chi connectivity index (χ2v) is 7.55. The van der Waals surface area contributed by atoms with Crippen molar-refractivity contribution in [2.75, 3.05) is 16.8 Å². The maximum absolute atomic E-state index is 13.3. The molecule has 5 heteroatoms. The Morgan fingerprint density at radius 3 is 2.64 bits per heavy atom. The molecule has 1 aliphatic carbocycles. The highest BCUT2D eigenvalue weighted by atomic mass is 16.2. The fourth-order valence-corrected chi connectivity index (χ4v) is 4.41. The van der Waals surface area contributed by atoms with Gasteiger partial charge in [-0.1, -0.05) is 37.1 Å². The van der Waals surface area contributed by atoms with Crippen LogP contribution in [0.15, 0.2) is 48.5 Å². The molecule has 2 aromatic rings. The van der Waals surface area contributed by atoms with Crippen molar-refractivity contribution >= 4 is 23.2 Å². The minimum absolute atomic E-state index is 0.0653. The van der Waals surface area contributed by atoms with Crippen molar-refractivity contribution in [1.29, 1.82) is 5.26 Å². The molecule has 2 unspecified atom stereocenters. The maximum Gasteiger partial charge on any atom is 0.230 e. The molecule has 5 nitrogen and oxygen atoms in total. The van der Waals surface area contributed by atoms with Crippen LogP contribution >= 0.6 is 0 Å². The Hall–Kier alpha value is -3.13. The first-order valence-corrected chi connectivity index (χ1v) is 9.87. The highest BCUT2D eigenvalue weighted by Gasteiger charge is 2.39. The van der Waals surface area contributed by atoms with E-state index in [0.717, 1.165) is 37.8 Å². The van der Waals surface area contributed by atoms with Crippen molar-refractivity contribution in [2.45, 2.75) is 32.1 Å². The van der Waals surface area contributed by atoms with Crippen LogP contribution in [0.3, 0.4) is 0 Å². The van der Waals surface area contributed by atoms with E-state index in [1.807, 2.05) is 23.1 Å². The highest BCUT2D eigenvalue weighted by molar-refractivity contribution is 6.02. The van der Waals surface area contributed by atoms with Crippen LogP contribution in [0.5, 0.6) is 0 Å². The zero-order chi connectivity index (χ0) is 19.5. The number of anilines is 2. The van der Waals surface area contributed by atoms with E-state index in [2.05, 4.69) is 17.5 Å². The topological polar surface area (TPSA) is 73.2 Å². The Kier molecular flexibility index (Phi) is 5.12. The third-order valence-electron chi connectivity index (χ3n) is 5.83. The van der Waals surface area contributed by atoms with Gasteiger partial charge < -0.3 is 10.2 Å². The summed E-state index contributed by atoms with van der Waals surface area (Å²) < 4.78 is 0. The molecule has 0 aromatic heterocycles. The van der Waals surface area contributed by atoms with Gasteiger partial charge in [0.25, 0.3) is 0 Å². The van der Waals surface area contributed by atoms with E-state index in [9.17, 15) is 9.59 Å². The fraction of sp³-hybridized carbons (Fsp3) is 0.348. The SMILES string of the molecule is N#Cc1cccc(NC(=O)C2CCCCC2C(=O)N2CCc3ccccc32)c1. The van der Waals surface area contributed by atoms with Crippen molar-refractivity contribution in [1.82, 2.24) is 0 Å². The lowest BCUT2D eigenvalue weighted by molar-refractivity contribution is -0.132. The van der Waals surface area contributed by atoms with Gasteiger partial charge in [-0.3, -0.25) is 9.59 Å². The molecule has 1 saturated carbocycles. The first-order valence-electron chi connectivity index (χ1n) is 9.87. The van der Waals surface area contributed by atoms with Gasteiger partial charge in [0.05, 0.1) is 17.6 Å². The molecule has 4 rings (SSSR count). The second kappa shape index (κ2) is 7.85. The zero-order valence-corrected chi connectivity index (χ0v) is 15.7. The summed E-state index contributed by atoms with van der Waals surface area (Å²) in [6.45, 7) is 0.688. The first kappa shape index (κ1) is 18.2. The van der Waals surface area contributed by atoms with E-state index in [0.29, 0.717) is 17.8 Å². The van der Waals surface area contributed by atoms with Gasteiger partial charge in [0.15, 0.2) is 0 Å². The highest BCUT2D eigenvalue weighted by Crippen LogP contribution is 2.36. The first-order chi connectivity index (χ1) is 13.7. The van der Waals surface area contributed by atoms with Gasteiger partial charge in [0.2, 0.25) is 11.8 Å². The molecule has 28 heavy (non-hydrogen) atoms. The number of carbonyl (C=O) groups excluding carboxylic acids is 2. The van der Waals surface area contributed by atoms with Crippen molar-refractivity contribution in [3.63, 3.8) is 0 Å². The predicted octanol–water partition coefficient (Wildman–Crippen LogP) is 3.89. The Labute approximate surface area is 165 Å². The van der Waals surface area contributed by atoms with Gasteiger partial charge in [0, 0.05) is 23.8 Å². The maximum atomic E-state index is 13.3. The number of carbonyl (C=O) groups is 2. The number of amides is 2. The van der Waals surface area contributed by atoms with Crippen LogP contribution in [-0.4, -0.2) is 18.4 Å². The third kappa shape index (κ3) is 3.50. The van der Waals surface area contributed by atoms with Crippen molar-refractivity contribution in [3.8, 4) is 6.07 Å². The molecule has 1 aliphatic heterocycles. The summed E-state index contributed by atoms with van der Waals surface area (Å²) in [4.78, 5) is 28.2. The lowest BCUT2D eigenvalue weighted by Crippen LogP contribution is -2.43. The van der Waals surface area contributed by atoms with E-state index in [1.54, 1.807) is 24.3 Å². The van der Waals surface area contributed by atoms with Crippen LogP contribution in [0.2, 0.25) is 0 Å². The number of hydrogen-bond donors (Lipinski definition) is 1. The Balaban J connectivity index is 1.52. The van der Waals surface area contributed by atoms with Gasteiger partial charge >= 0.3 is 0 Å². The molecule has 2 aliphatic rings. The lowest BCUT2D eigenvalue weighted by Gasteiger charge is -2.32. The van der Waals surface area contributed by atoms with Crippen molar-refractivity contribution in [3.05, 3.63) is 59.7 Å². The van der Waals surface area contributed by atoms with Crippen molar-refractivity contribution < 1.29 is 9.59 Å². The average Bonchev–Trinajstić information content (AvgIpc) is 3.17. The number of hydrogen-bond acceptors (Lipinski definition) is 3. The number of rotatable bonds is 3. The fourth-order valence-electron chi connectivity index (χ4n) is 4.41. The molecule has 0 saturated heterocycles. The molecule has 2 atom stereocenters. The summed E-state index contributed by atoms with van der Waals surface area (Å²) in [5.74, 6) is -0.685. The van der Waals surface area contributed by atoms with Crippen LogP contribution in [0, 0.1) is 23.2 Å². The molecule has 142 valence electrons. The largest absolute Gasteiger partial charge is 0.326 e. The second-order valence-electron chi connectivity index (χ2n) is 7.55. The molecule has 0 spiro atoms. The lowest BCUT2D eigenvalue weighted by atomic mass is 9.77. The van der Waals surface area contributed by atoms with Crippen LogP contribution in [0.25, 0.3) is 0 Å². The molecule has 2 amide bonds. The summed E-state index contributed by atoms with van der Waals surface area (Å²) >= 11 is 0. The van der Waals surface area contributed by atoms with E-state index < -0.39 is 0 Å². The Morgan fingerprint density at radius 2 is 1.82 bits per heavy atom. The minimum atomic E-state index is -0.334. The van der Waals surface area contributed by atoms with Crippen molar-refractivity contribution in [2.24, 2.45) is 11.8 Å². The van der Waals surface area contributed by atoms with Gasteiger partial charge in [-0.15, -0.1) is 0 Å². The van der Waals surface area contributed by atoms with Crippen LogP contribution in [-0.2, 0) is 16.0 Å². The molecular weight excluding hydrogens is 350 g/mol. The molecular formula is C23H23N3O2. The summed E-state index contributed by atoms with van der Waals surface area (Å²) in [6.07, 6.45) is 4.26. The Bertz CT molecular complexity index is 947. The van der Waals surface area contributed by atoms with Gasteiger partial charge in [0.1, 0.15) is 0 Å².